The van der Waals surface area contributed by atoms with E-state index in [1.165, 1.54) is 64.3 Å². The highest BCUT2D eigenvalue weighted by Crippen LogP contribution is 2.39. The minimum Gasteiger partial charge on any atom is -0.314 e. The van der Waals surface area contributed by atoms with Crippen molar-refractivity contribution in [1.29, 1.82) is 0 Å². The van der Waals surface area contributed by atoms with Gasteiger partial charge in [-0.25, -0.2) is 0 Å². The molecule has 2 unspecified atom stereocenters. The van der Waals surface area contributed by atoms with Crippen molar-refractivity contribution in [2.75, 3.05) is 6.54 Å². The van der Waals surface area contributed by atoms with Crippen LogP contribution in [0.2, 0.25) is 0 Å². The summed E-state index contributed by atoms with van der Waals surface area (Å²) in [5, 5.41) is 3.85. The van der Waals surface area contributed by atoms with Crippen molar-refractivity contribution in [2.24, 2.45) is 5.92 Å². The summed E-state index contributed by atoms with van der Waals surface area (Å²) in [7, 11) is 0. The number of rotatable bonds is 7. The van der Waals surface area contributed by atoms with Crippen LogP contribution >= 0.6 is 0 Å². The predicted molar refractivity (Wildman–Crippen MR) is 90.8 cm³/mol. The number of hydrogen-bond donors (Lipinski definition) is 1. The molecule has 0 saturated heterocycles. The smallest absolute Gasteiger partial charge is 0.00756 e. The molecule has 1 N–H and O–H groups in total. The molecule has 2 aliphatic carbocycles. The van der Waals surface area contributed by atoms with E-state index in [1.807, 2.05) is 0 Å². The van der Waals surface area contributed by atoms with Gasteiger partial charge in [-0.15, -0.1) is 0 Å². The lowest BCUT2D eigenvalue weighted by Crippen LogP contribution is -2.35. The Bertz CT molecular complexity index is 433. The molecule has 2 atom stereocenters. The predicted octanol–water partition coefficient (Wildman–Crippen LogP) is 5.06. The van der Waals surface area contributed by atoms with Crippen LogP contribution in [-0.2, 0) is 6.42 Å². The SMILES string of the molecule is CCCNC(CC1CCCCC1)CC1Cc2ccccc21. The Balaban J connectivity index is 1.55. The molecule has 0 aliphatic heterocycles. The molecule has 0 aromatic heterocycles. The lowest BCUT2D eigenvalue weighted by molar-refractivity contribution is 0.279. The number of nitrogens with one attached hydrogen (secondary N) is 1. The van der Waals surface area contributed by atoms with Gasteiger partial charge in [0.05, 0.1) is 0 Å². The summed E-state index contributed by atoms with van der Waals surface area (Å²) >= 11 is 0. The van der Waals surface area contributed by atoms with E-state index in [-0.39, 0.29) is 0 Å². The molecule has 1 fully saturated rings. The van der Waals surface area contributed by atoms with Gasteiger partial charge in [0.25, 0.3) is 0 Å². The second-order valence-corrected chi connectivity index (χ2v) is 7.23. The topological polar surface area (TPSA) is 12.0 Å². The molecular weight excluding hydrogens is 254 g/mol. The maximum absolute atomic E-state index is 3.85. The lowest BCUT2D eigenvalue weighted by atomic mass is 9.73. The zero-order valence-electron chi connectivity index (χ0n) is 13.6. The minimum absolute atomic E-state index is 0.742. The first kappa shape index (κ1) is 15.1. The molecule has 0 heterocycles. The Morgan fingerprint density at radius 3 is 2.67 bits per heavy atom. The summed E-state index contributed by atoms with van der Waals surface area (Å²) in [6.07, 6.45) is 12.7. The van der Waals surface area contributed by atoms with Crippen molar-refractivity contribution >= 4 is 0 Å². The highest BCUT2D eigenvalue weighted by atomic mass is 14.9. The summed E-state index contributed by atoms with van der Waals surface area (Å²) < 4.78 is 0. The van der Waals surface area contributed by atoms with Crippen molar-refractivity contribution in [1.82, 2.24) is 5.32 Å². The molecule has 116 valence electrons. The van der Waals surface area contributed by atoms with Crippen LogP contribution in [0, 0.1) is 5.92 Å². The van der Waals surface area contributed by atoms with Gasteiger partial charge in [0.2, 0.25) is 0 Å². The largest absolute Gasteiger partial charge is 0.314 e. The van der Waals surface area contributed by atoms with Crippen LogP contribution in [0.4, 0.5) is 0 Å². The van der Waals surface area contributed by atoms with Crippen molar-refractivity contribution < 1.29 is 0 Å². The minimum atomic E-state index is 0.742. The second kappa shape index (κ2) is 7.45. The fraction of sp³-hybridized carbons (Fsp3) is 0.700. The third-order valence-electron chi connectivity index (χ3n) is 5.56. The van der Waals surface area contributed by atoms with Crippen LogP contribution in [0.15, 0.2) is 24.3 Å². The standard InChI is InChI=1S/C20H31N/c1-2-12-21-19(13-16-8-4-3-5-9-16)15-18-14-17-10-6-7-11-20(17)18/h6-7,10-11,16,18-19,21H,2-5,8-9,12-15H2,1H3. The number of fused-ring (bicyclic) bond motifs is 1. The Morgan fingerprint density at radius 2 is 1.90 bits per heavy atom. The lowest BCUT2D eigenvalue weighted by Gasteiger charge is -2.35. The molecule has 3 rings (SSSR count). The van der Waals surface area contributed by atoms with E-state index in [4.69, 9.17) is 0 Å². The summed E-state index contributed by atoms with van der Waals surface area (Å²) in [4.78, 5) is 0. The van der Waals surface area contributed by atoms with Crippen molar-refractivity contribution in [3.05, 3.63) is 35.4 Å². The fourth-order valence-electron chi connectivity index (χ4n) is 4.35. The van der Waals surface area contributed by atoms with Crippen molar-refractivity contribution in [2.45, 2.75) is 76.7 Å². The molecule has 1 saturated carbocycles. The molecule has 1 aromatic rings. The maximum Gasteiger partial charge on any atom is 0.00756 e. The Labute approximate surface area is 130 Å². The molecule has 21 heavy (non-hydrogen) atoms. The fourth-order valence-corrected chi connectivity index (χ4v) is 4.35. The molecule has 0 bridgehead atoms. The molecule has 0 amide bonds. The maximum atomic E-state index is 3.85. The van der Waals surface area contributed by atoms with Gasteiger partial charge in [-0.2, -0.15) is 0 Å². The quantitative estimate of drug-likeness (QED) is 0.738. The molecule has 0 radical (unpaired) electrons. The first-order chi connectivity index (χ1) is 10.4. The number of hydrogen-bond acceptors (Lipinski definition) is 1. The molecule has 0 spiro atoms. The monoisotopic (exact) mass is 285 g/mol. The highest BCUT2D eigenvalue weighted by molar-refractivity contribution is 5.39. The van der Waals surface area contributed by atoms with E-state index in [2.05, 4.69) is 36.5 Å². The van der Waals surface area contributed by atoms with Crippen LogP contribution in [0.5, 0.6) is 0 Å². The van der Waals surface area contributed by atoms with Gasteiger partial charge in [0.15, 0.2) is 0 Å². The summed E-state index contributed by atoms with van der Waals surface area (Å²) in [5.41, 5.74) is 3.22. The van der Waals surface area contributed by atoms with Gasteiger partial charge in [-0.3, -0.25) is 0 Å². The van der Waals surface area contributed by atoms with Crippen LogP contribution in [0.1, 0.15) is 75.3 Å². The van der Waals surface area contributed by atoms with Gasteiger partial charge in [-0.05, 0) is 55.2 Å². The Morgan fingerprint density at radius 1 is 1.10 bits per heavy atom. The van der Waals surface area contributed by atoms with Gasteiger partial charge in [0.1, 0.15) is 0 Å². The first-order valence-electron chi connectivity index (χ1n) is 9.18. The van der Waals surface area contributed by atoms with Crippen molar-refractivity contribution in [3.8, 4) is 0 Å². The Hall–Kier alpha value is -0.820. The van der Waals surface area contributed by atoms with Crippen LogP contribution in [-0.4, -0.2) is 12.6 Å². The van der Waals surface area contributed by atoms with Crippen LogP contribution < -0.4 is 5.32 Å². The van der Waals surface area contributed by atoms with Gasteiger partial charge < -0.3 is 5.32 Å². The van der Waals surface area contributed by atoms with Crippen LogP contribution in [0.25, 0.3) is 0 Å². The molecule has 1 heteroatoms. The zero-order chi connectivity index (χ0) is 14.5. The summed E-state index contributed by atoms with van der Waals surface area (Å²) in [6.45, 7) is 3.47. The number of benzene rings is 1. The average molecular weight is 285 g/mol. The van der Waals surface area contributed by atoms with E-state index in [9.17, 15) is 0 Å². The van der Waals surface area contributed by atoms with E-state index >= 15 is 0 Å². The van der Waals surface area contributed by atoms with Crippen molar-refractivity contribution in [3.63, 3.8) is 0 Å². The third-order valence-corrected chi connectivity index (χ3v) is 5.56. The normalized spacial score (nSPS) is 23.4. The second-order valence-electron chi connectivity index (χ2n) is 7.23. The van der Waals surface area contributed by atoms with Gasteiger partial charge in [0, 0.05) is 6.04 Å². The Kier molecular flexibility index (Phi) is 5.35. The van der Waals surface area contributed by atoms with E-state index < -0.39 is 0 Å². The van der Waals surface area contributed by atoms with E-state index in [1.54, 1.807) is 11.1 Å². The first-order valence-corrected chi connectivity index (χ1v) is 9.18. The summed E-state index contributed by atoms with van der Waals surface area (Å²) in [5.74, 6) is 1.81. The zero-order valence-corrected chi connectivity index (χ0v) is 13.6. The summed E-state index contributed by atoms with van der Waals surface area (Å²) in [6, 6.07) is 9.79. The van der Waals surface area contributed by atoms with E-state index in [0.717, 1.165) is 17.9 Å². The van der Waals surface area contributed by atoms with E-state index in [0.29, 0.717) is 0 Å². The highest BCUT2D eigenvalue weighted by Gasteiger charge is 2.29. The molecule has 1 aromatic carbocycles. The molecular formula is C20H31N. The molecule has 1 nitrogen and oxygen atoms in total. The average Bonchev–Trinajstić information content (AvgIpc) is 2.51. The molecule has 2 aliphatic rings. The van der Waals surface area contributed by atoms with Gasteiger partial charge >= 0.3 is 0 Å². The third kappa shape index (κ3) is 3.88. The van der Waals surface area contributed by atoms with Gasteiger partial charge in [-0.1, -0.05) is 63.3 Å². The van der Waals surface area contributed by atoms with Crippen LogP contribution in [0.3, 0.4) is 0 Å².